The van der Waals surface area contributed by atoms with Crippen LogP contribution in [0, 0.1) is 5.92 Å². The molecule has 2 saturated heterocycles. The van der Waals surface area contributed by atoms with Gasteiger partial charge in [0.25, 0.3) is 0 Å². The van der Waals surface area contributed by atoms with Gasteiger partial charge in [0, 0.05) is 43.6 Å². The normalized spacial score (nSPS) is 22.1. The molecule has 2 rings (SSSR count). The molecule has 2 aliphatic rings. The predicted molar refractivity (Wildman–Crippen MR) is 156 cm³/mol. The Morgan fingerprint density at radius 1 is 1.02 bits per heavy atom. The molecular formula is C24H46N3O11PS2. The molecule has 2 aliphatic heterocycles. The van der Waals surface area contributed by atoms with Crippen molar-refractivity contribution in [1.82, 2.24) is 16.0 Å². The van der Waals surface area contributed by atoms with E-state index in [4.69, 9.17) is 27.7 Å². The molecule has 0 bridgehead atoms. The molecular weight excluding hydrogens is 601 g/mol. The van der Waals surface area contributed by atoms with Gasteiger partial charge in [0.05, 0.1) is 71.5 Å². The SMILES string of the molecule is COP(=O)(O)OCC(COS)COCCOCCOCCOCCCNC(=O)CCCCC1SCC2NC(=O)NC21. The number of phosphoric acid groups is 1. The van der Waals surface area contributed by atoms with Gasteiger partial charge in [-0.15, -0.1) is 0 Å². The summed E-state index contributed by atoms with van der Waals surface area (Å²) in [6.07, 6.45) is 4.09. The van der Waals surface area contributed by atoms with Gasteiger partial charge in [-0.2, -0.15) is 11.8 Å². The number of carbonyl (C=O) groups is 2. The van der Waals surface area contributed by atoms with E-state index >= 15 is 0 Å². The summed E-state index contributed by atoms with van der Waals surface area (Å²) in [5.74, 6) is 0.731. The summed E-state index contributed by atoms with van der Waals surface area (Å²) in [5, 5.41) is 9.30. The maximum atomic E-state index is 12.0. The van der Waals surface area contributed by atoms with Crippen LogP contribution in [0.25, 0.3) is 0 Å². The zero-order valence-corrected chi connectivity index (χ0v) is 26.3. The number of rotatable bonds is 26. The van der Waals surface area contributed by atoms with Crippen LogP contribution in [-0.2, 0) is 41.5 Å². The van der Waals surface area contributed by atoms with Gasteiger partial charge in [-0.3, -0.25) is 13.8 Å². The first kappa shape index (κ1) is 36.5. The Hall–Kier alpha value is -0.650. The van der Waals surface area contributed by atoms with Crippen LogP contribution in [0.5, 0.6) is 0 Å². The van der Waals surface area contributed by atoms with Crippen LogP contribution in [-0.4, -0.2) is 120 Å². The molecule has 0 aromatic heterocycles. The molecule has 0 radical (unpaired) electrons. The van der Waals surface area contributed by atoms with Gasteiger partial charge < -0.3 is 44.0 Å². The fourth-order valence-electron chi connectivity index (χ4n) is 4.18. The van der Waals surface area contributed by atoms with Gasteiger partial charge in [0.15, 0.2) is 0 Å². The standard InChI is InChI=1S/C24H46N3O11PS2/c1-32-39(30,31)37-16-19(17-38-40)15-36-14-13-35-12-11-34-10-9-33-8-4-7-25-22(28)6-3-2-5-21-23-20(18-41-21)26-24(29)27-23/h19-21,23,40H,2-18H2,1H3,(H,25,28)(H,30,31)(H2,26,27,29). The second kappa shape index (κ2) is 21.9. The highest BCUT2D eigenvalue weighted by molar-refractivity contribution is 8.00. The van der Waals surface area contributed by atoms with Crippen molar-refractivity contribution in [3.05, 3.63) is 0 Å². The molecule has 0 aromatic rings. The van der Waals surface area contributed by atoms with Crippen molar-refractivity contribution in [2.75, 3.05) is 85.5 Å². The Balaban J connectivity index is 1.29. The lowest BCUT2D eigenvalue weighted by atomic mass is 10.0. The average Bonchev–Trinajstić information content (AvgIpc) is 3.50. The summed E-state index contributed by atoms with van der Waals surface area (Å²) < 4.78 is 47.2. The van der Waals surface area contributed by atoms with Crippen LogP contribution in [0.2, 0.25) is 0 Å². The topological polar surface area (TPSA) is 172 Å². The Bertz CT molecular complexity index is 789. The van der Waals surface area contributed by atoms with E-state index in [2.05, 4.69) is 33.4 Å². The van der Waals surface area contributed by atoms with Crippen molar-refractivity contribution in [2.45, 2.75) is 49.4 Å². The fourth-order valence-corrected chi connectivity index (χ4v) is 6.44. The minimum absolute atomic E-state index is 0.0623. The van der Waals surface area contributed by atoms with Crippen LogP contribution in [0.3, 0.4) is 0 Å². The minimum atomic E-state index is -4.05. The fraction of sp³-hybridized carbons (Fsp3) is 0.917. The van der Waals surface area contributed by atoms with Crippen molar-refractivity contribution < 1.29 is 51.2 Å². The first-order chi connectivity index (χ1) is 19.8. The number of fused-ring (bicyclic) bond motifs is 1. The van der Waals surface area contributed by atoms with Gasteiger partial charge >= 0.3 is 13.9 Å². The largest absolute Gasteiger partial charge is 0.471 e. The second-order valence-corrected chi connectivity index (χ2v) is 12.7. The maximum absolute atomic E-state index is 12.0. The molecule has 0 aromatic carbocycles. The molecule has 2 fully saturated rings. The van der Waals surface area contributed by atoms with Gasteiger partial charge in [0.1, 0.15) is 0 Å². The molecule has 5 unspecified atom stereocenters. The number of thioether (sulfide) groups is 1. The zero-order valence-electron chi connectivity index (χ0n) is 23.7. The number of urea groups is 1. The number of thiol groups is 1. The Morgan fingerprint density at radius 3 is 2.39 bits per heavy atom. The Morgan fingerprint density at radius 2 is 1.71 bits per heavy atom. The van der Waals surface area contributed by atoms with E-state index in [0.717, 1.165) is 38.5 Å². The quantitative estimate of drug-likeness (QED) is 0.0302. The van der Waals surface area contributed by atoms with Crippen molar-refractivity contribution >= 4 is 44.4 Å². The average molecular weight is 648 g/mol. The number of carbonyl (C=O) groups excluding carboxylic acids is 2. The first-order valence-corrected chi connectivity index (χ1v) is 16.8. The van der Waals surface area contributed by atoms with Gasteiger partial charge in [0.2, 0.25) is 5.91 Å². The Labute approximate surface area is 252 Å². The van der Waals surface area contributed by atoms with Gasteiger partial charge in [-0.25, -0.2) is 9.36 Å². The van der Waals surface area contributed by atoms with Crippen LogP contribution in [0.4, 0.5) is 4.79 Å². The monoisotopic (exact) mass is 647 g/mol. The molecule has 5 atom stereocenters. The molecule has 17 heteroatoms. The van der Waals surface area contributed by atoms with Crippen molar-refractivity contribution in [3.63, 3.8) is 0 Å². The Kier molecular flexibility index (Phi) is 19.6. The van der Waals surface area contributed by atoms with E-state index in [9.17, 15) is 19.0 Å². The molecule has 0 spiro atoms. The predicted octanol–water partition coefficient (Wildman–Crippen LogP) is 1.53. The molecule has 240 valence electrons. The molecule has 0 aliphatic carbocycles. The van der Waals surface area contributed by atoms with Crippen LogP contribution in [0.1, 0.15) is 32.1 Å². The lowest BCUT2D eigenvalue weighted by Gasteiger charge is -2.17. The lowest BCUT2D eigenvalue weighted by molar-refractivity contribution is -0.121. The first-order valence-electron chi connectivity index (χ1n) is 13.9. The van der Waals surface area contributed by atoms with Crippen molar-refractivity contribution in [2.24, 2.45) is 5.92 Å². The molecule has 2 heterocycles. The van der Waals surface area contributed by atoms with Crippen molar-refractivity contribution in [3.8, 4) is 0 Å². The number of amides is 3. The van der Waals surface area contributed by atoms with Gasteiger partial charge in [-0.05, 0) is 32.2 Å². The van der Waals surface area contributed by atoms with E-state index in [1.54, 1.807) is 0 Å². The highest BCUT2D eigenvalue weighted by Gasteiger charge is 2.42. The highest BCUT2D eigenvalue weighted by Crippen LogP contribution is 2.42. The van der Waals surface area contributed by atoms with E-state index < -0.39 is 7.82 Å². The minimum Gasteiger partial charge on any atom is -0.379 e. The van der Waals surface area contributed by atoms with Gasteiger partial charge in [-0.1, -0.05) is 6.42 Å². The van der Waals surface area contributed by atoms with E-state index in [-0.39, 0.29) is 49.8 Å². The number of nitrogens with one attached hydrogen (secondary N) is 3. The number of hydrogen-bond acceptors (Lipinski definition) is 12. The number of hydrogen-bond donors (Lipinski definition) is 5. The van der Waals surface area contributed by atoms with Crippen LogP contribution in [0.15, 0.2) is 0 Å². The maximum Gasteiger partial charge on any atom is 0.471 e. The summed E-state index contributed by atoms with van der Waals surface area (Å²) in [6, 6.07) is 0.399. The summed E-state index contributed by atoms with van der Waals surface area (Å²) in [4.78, 5) is 32.7. The smallest absolute Gasteiger partial charge is 0.379 e. The summed E-state index contributed by atoms with van der Waals surface area (Å²) in [6.45, 7) is 3.95. The summed E-state index contributed by atoms with van der Waals surface area (Å²) in [5.41, 5.74) is 0. The summed E-state index contributed by atoms with van der Waals surface area (Å²) >= 11 is 5.59. The van der Waals surface area contributed by atoms with Crippen LogP contribution < -0.4 is 16.0 Å². The molecule has 14 nitrogen and oxygen atoms in total. The van der Waals surface area contributed by atoms with E-state index in [0.29, 0.717) is 64.5 Å². The third-order valence-electron chi connectivity index (χ3n) is 6.35. The molecule has 4 N–H and O–H groups in total. The molecule has 41 heavy (non-hydrogen) atoms. The third-order valence-corrected chi connectivity index (χ3v) is 8.95. The number of unbranched alkanes of at least 4 members (excludes halogenated alkanes) is 1. The zero-order chi connectivity index (χ0) is 29.8. The second-order valence-electron chi connectivity index (χ2n) is 9.59. The molecule has 3 amide bonds. The number of ether oxygens (including phenoxy) is 4. The molecule has 0 saturated carbocycles. The highest BCUT2D eigenvalue weighted by atomic mass is 32.2. The van der Waals surface area contributed by atoms with Crippen molar-refractivity contribution in [1.29, 1.82) is 0 Å². The van der Waals surface area contributed by atoms with Crippen LogP contribution >= 0.6 is 32.5 Å². The lowest BCUT2D eigenvalue weighted by Crippen LogP contribution is -2.36. The van der Waals surface area contributed by atoms with E-state index in [1.807, 2.05) is 11.8 Å². The summed E-state index contributed by atoms with van der Waals surface area (Å²) in [7, 11) is -2.96. The third kappa shape index (κ3) is 16.7. The van der Waals surface area contributed by atoms with E-state index in [1.165, 1.54) is 0 Å². The number of phosphoric ester groups is 1.